The van der Waals surface area contributed by atoms with Gasteiger partial charge in [0.15, 0.2) is 0 Å². The van der Waals surface area contributed by atoms with E-state index < -0.39 is 17.6 Å². The lowest BCUT2D eigenvalue weighted by Gasteiger charge is -2.16. The van der Waals surface area contributed by atoms with Crippen LogP contribution in [0.4, 0.5) is 0 Å². The van der Waals surface area contributed by atoms with Gasteiger partial charge >= 0.3 is 0 Å². The van der Waals surface area contributed by atoms with Gasteiger partial charge in [0.2, 0.25) is 0 Å². The molecule has 0 aromatic heterocycles. The van der Waals surface area contributed by atoms with Crippen molar-refractivity contribution in [3.05, 3.63) is 24.3 Å². The molecule has 0 N–H and O–H groups in total. The highest BCUT2D eigenvalue weighted by Gasteiger charge is 2.15. The summed E-state index contributed by atoms with van der Waals surface area (Å²) in [6, 6.07) is 8.08. The van der Waals surface area contributed by atoms with E-state index in [1.165, 1.54) is 5.19 Å². The maximum Gasteiger partial charge on any atom is 0.0775 e. The molecule has 1 atom stereocenters. The highest BCUT2D eigenvalue weighted by molar-refractivity contribution is 7.99. The van der Waals surface area contributed by atoms with E-state index in [9.17, 15) is 4.21 Å². The summed E-state index contributed by atoms with van der Waals surface area (Å²) in [4.78, 5) is 0.847. The zero-order valence-electron chi connectivity index (χ0n) is 9.33. The fourth-order valence-electron chi connectivity index (χ4n) is 1.24. The molecule has 1 nitrogen and oxygen atoms in total. The molecule has 0 aliphatic rings. The van der Waals surface area contributed by atoms with E-state index in [0.717, 1.165) is 4.90 Å². The van der Waals surface area contributed by atoms with Crippen LogP contribution in [0.5, 0.6) is 0 Å². The Morgan fingerprint density at radius 2 is 1.57 bits per heavy atom. The summed E-state index contributed by atoms with van der Waals surface area (Å²) in [5.74, 6) is 3.67. The smallest absolute Gasteiger partial charge is 0.0775 e. The van der Waals surface area contributed by atoms with Gasteiger partial charge in [0.05, 0.1) is 8.07 Å². The lowest BCUT2D eigenvalue weighted by atomic mass is 10.4. The number of benzene rings is 1. The van der Waals surface area contributed by atoms with Crippen molar-refractivity contribution >= 4 is 28.7 Å². The first-order valence-electron chi connectivity index (χ1n) is 4.64. The monoisotopic (exact) mass is 226 g/mol. The molecule has 3 heteroatoms. The van der Waals surface area contributed by atoms with Crippen LogP contribution in [0, 0.1) is 0 Å². The Bertz CT molecular complexity index is 410. The second kappa shape index (κ2) is 3.55. The van der Waals surface area contributed by atoms with Gasteiger partial charge in [0.25, 0.3) is 0 Å². The van der Waals surface area contributed by atoms with E-state index in [1.54, 1.807) is 6.26 Å². The minimum absolute atomic E-state index is 0.847. The zero-order chi connectivity index (χ0) is 11.0. The van der Waals surface area contributed by atoms with Gasteiger partial charge in [-0.15, -0.1) is 0 Å². The average Bonchev–Trinajstić information content (AvgIpc) is 2.01. The van der Waals surface area contributed by atoms with Crippen LogP contribution in [0.25, 0.3) is 0 Å². The van der Waals surface area contributed by atoms with Crippen LogP contribution in [-0.4, -0.2) is 24.4 Å². The molecule has 0 radical (unpaired) electrons. The fourth-order valence-corrected chi connectivity index (χ4v) is 3.12. The topological polar surface area (TPSA) is 17.1 Å². The quantitative estimate of drug-likeness (QED) is 0.556. The van der Waals surface area contributed by atoms with Gasteiger partial charge in [0, 0.05) is 11.2 Å². The first-order chi connectivity index (χ1) is 6.21. The zero-order valence-corrected chi connectivity index (χ0v) is 11.1. The van der Waals surface area contributed by atoms with Crippen molar-refractivity contribution in [1.82, 2.24) is 0 Å². The van der Waals surface area contributed by atoms with Crippen LogP contribution in [0.2, 0.25) is 19.6 Å². The summed E-state index contributed by atoms with van der Waals surface area (Å²) >= 11 is 0. The van der Waals surface area contributed by atoms with Crippen molar-refractivity contribution in [3.8, 4) is 0 Å². The molecular formula is C11H18OSSi. The van der Waals surface area contributed by atoms with Gasteiger partial charge in [-0.05, 0) is 27.5 Å². The average molecular weight is 226 g/mol. The highest BCUT2D eigenvalue weighted by Crippen LogP contribution is 2.09. The molecule has 1 unspecified atom stereocenters. The van der Waals surface area contributed by atoms with E-state index in [1.807, 2.05) is 12.1 Å². The van der Waals surface area contributed by atoms with Gasteiger partial charge in [-0.25, -0.2) is 0 Å². The Morgan fingerprint density at radius 3 is 1.86 bits per heavy atom. The molecule has 0 aliphatic heterocycles. The van der Waals surface area contributed by atoms with Crippen LogP contribution in [0.1, 0.15) is 0 Å². The van der Waals surface area contributed by atoms with Gasteiger partial charge in [-0.3, -0.25) is 4.21 Å². The van der Waals surface area contributed by atoms with E-state index in [4.69, 9.17) is 0 Å². The van der Waals surface area contributed by atoms with Crippen molar-refractivity contribution in [3.63, 3.8) is 0 Å². The lowest BCUT2D eigenvalue weighted by molar-refractivity contribution is 0.685. The molecule has 0 fully saturated rings. The van der Waals surface area contributed by atoms with Crippen LogP contribution in [0.15, 0.2) is 29.2 Å². The van der Waals surface area contributed by atoms with Gasteiger partial charge < -0.3 is 0 Å². The van der Waals surface area contributed by atoms with E-state index in [2.05, 4.69) is 37.6 Å². The fraction of sp³-hybridized carbons (Fsp3) is 0.364. The Morgan fingerprint density at radius 1 is 1.14 bits per heavy atom. The molecule has 1 rings (SSSR count). The van der Waals surface area contributed by atoms with Crippen LogP contribution in [-0.2, 0) is 9.52 Å². The number of hydrogen-bond donors (Lipinski definition) is 0. The van der Waals surface area contributed by atoms with Crippen molar-refractivity contribution in [2.75, 3.05) is 6.26 Å². The van der Waals surface area contributed by atoms with Crippen molar-refractivity contribution in [2.45, 2.75) is 24.5 Å². The molecule has 0 saturated carbocycles. The molecule has 0 bridgehead atoms. The van der Waals surface area contributed by atoms with Gasteiger partial charge in [-0.2, -0.15) is 0 Å². The second-order valence-corrected chi connectivity index (χ2v) is 12.3. The third-order valence-electron chi connectivity index (χ3n) is 2.22. The van der Waals surface area contributed by atoms with Crippen LogP contribution < -0.4 is 5.19 Å². The Balaban J connectivity index is 3.14. The summed E-state index contributed by atoms with van der Waals surface area (Å²) in [5.41, 5.74) is 0. The second-order valence-electron chi connectivity index (χ2n) is 4.78. The standard InChI is InChI=1S/C11H18OSSi/c1-13(2,12)10-6-8-11(9-7-10)14(3,4)5/h6-9H,1H2,2-5H3. The number of hydrogen-bond acceptors (Lipinski definition) is 1. The molecule has 0 heterocycles. The predicted octanol–water partition coefficient (Wildman–Crippen LogP) is 1.94. The summed E-state index contributed by atoms with van der Waals surface area (Å²) in [7, 11) is -3.28. The maximum absolute atomic E-state index is 11.6. The Kier molecular flexibility index (Phi) is 2.93. The third-order valence-corrected chi connectivity index (χ3v) is 5.55. The van der Waals surface area contributed by atoms with Crippen molar-refractivity contribution in [2.24, 2.45) is 0 Å². The van der Waals surface area contributed by atoms with Crippen LogP contribution in [0.3, 0.4) is 0 Å². The van der Waals surface area contributed by atoms with Crippen molar-refractivity contribution in [1.29, 1.82) is 0 Å². The molecule has 0 saturated heterocycles. The SMILES string of the molecule is C=S(C)(=O)c1ccc([Si](C)(C)C)cc1. The largest absolute Gasteiger partial charge is 0.263 e. The molecule has 1 aromatic rings. The minimum Gasteiger partial charge on any atom is -0.263 e. The first-order valence-corrected chi connectivity index (χ1v) is 10.3. The van der Waals surface area contributed by atoms with E-state index in [-0.39, 0.29) is 0 Å². The number of rotatable bonds is 2. The predicted molar refractivity (Wildman–Crippen MR) is 68.9 cm³/mol. The third kappa shape index (κ3) is 2.72. The Hall–Kier alpha value is -0.543. The molecular weight excluding hydrogens is 208 g/mol. The first kappa shape index (κ1) is 11.5. The molecule has 0 amide bonds. The van der Waals surface area contributed by atoms with E-state index in [0.29, 0.717) is 0 Å². The normalized spacial score (nSPS) is 16.3. The summed E-state index contributed by atoms with van der Waals surface area (Å²) in [6.45, 7) is 6.90. The lowest BCUT2D eigenvalue weighted by Crippen LogP contribution is -2.37. The highest BCUT2D eigenvalue weighted by atomic mass is 32.2. The Labute approximate surface area is 88.2 Å². The summed E-state index contributed by atoms with van der Waals surface area (Å²) in [6.07, 6.45) is 1.68. The minimum atomic E-state index is -2.05. The summed E-state index contributed by atoms with van der Waals surface area (Å²) < 4.78 is 11.6. The van der Waals surface area contributed by atoms with E-state index >= 15 is 0 Å². The van der Waals surface area contributed by atoms with Crippen LogP contribution >= 0.6 is 0 Å². The molecule has 14 heavy (non-hydrogen) atoms. The molecule has 0 aliphatic carbocycles. The molecule has 78 valence electrons. The van der Waals surface area contributed by atoms with Crippen molar-refractivity contribution < 1.29 is 4.21 Å². The maximum atomic E-state index is 11.6. The molecule has 0 spiro atoms. The molecule has 1 aromatic carbocycles. The summed E-state index contributed by atoms with van der Waals surface area (Å²) in [5, 5.41) is 1.39. The van der Waals surface area contributed by atoms with Gasteiger partial charge in [0.1, 0.15) is 0 Å². The van der Waals surface area contributed by atoms with Gasteiger partial charge in [-0.1, -0.05) is 37.0 Å².